The zero-order valence-corrected chi connectivity index (χ0v) is 14.8. The topological polar surface area (TPSA) is 90.6 Å². The van der Waals surface area contributed by atoms with Crippen LogP contribution in [0.5, 0.6) is 11.5 Å². The lowest BCUT2D eigenvalue weighted by Gasteiger charge is -2.25. The van der Waals surface area contributed by atoms with Crippen molar-refractivity contribution >= 4 is 5.91 Å². The SMILES string of the molecule is COc1cccc(C(=O)N(C)C(C)c2ccncn2)c1OCCCN. The van der Waals surface area contributed by atoms with Gasteiger partial charge in [-0.2, -0.15) is 0 Å². The second-order valence-corrected chi connectivity index (χ2v) is 5.55. The first kappa shape index (κ1) is 18.7. The molecule has 0 saturated carbocycles. The van der Waals surface area contributed by atoms with Gasteiger partial charge in [0.2, 0.25) is 0 Å². The first-order chi connectivity index (χ1) is 12.1. The van der Waals surface area contributed by atoms with Crippen LogP contribution in [0.3, 0.4) is 0 Å². The molecule has 1 atom stereocenters. The number of carbonyl (C=O) groups excluding carboxylic acids is 1. The van der Waals surface area contributed by atoms with Crippen LogP contribution in [0.15, 0.2) is 36.8 Å². The van der Waals surface area contributed by atoms with E-state index in [-0.39, 0.29) is 11.9 Å². The monoisotopic (exact) mass is 344 g/mol. The smallest absolute Gasteiger partial charge is 0.258 e. The molecule has 1 unspecified atom stereocenters. The Hall–Kier alpha value is -2.67. The Bertz CT molecular complexity index is 694. The van der Waals surface area contributed by atoms with Crippen LogP contribution in [-0.2, 0) is 0 Å². The number of para-hydroxylation sites is 1. The average Bonchev–Trinajstić information content (AvgIpc) is 2.67. The maximum absolute atomic E-state index is 13.0. The van der Waals surface area contributed by atoms with Crippen molar-refractivity contribution in [2.75, 3.05) is 27.3 Å². The maximum atomic E-state index is 13.0. The Morgan fingerprint density at radius 2 is 2.16 bits per heavy atom. The Labute approximate surface area is 147 Å². The predicted octanol–water partition coefficient (Wildman–Crippen LogP) is 2.05. The lowest BCUT2D eigenvalue weighted by atomic mass is 10.1. The molecule has 2 N–H and O–H groups in total. The third kappa shape index (κ3) is 4.45. The molecule has 0 fully saturated rings. The minimum atomic E-state index is -0.210. The van der Waals surface area contributed by atoms with E-state index in [0.29, 0.717) is 36.6 Å². The van der Waals surface area contributed by atoms with Crippen LogP contribution in [-0.4, -0.2) is 48.1 Å². The molecule has 2 rings (SSSR count). The minimum absolute atomic E-state index is 0.173. The van der Waals surface area contributed by atoms with Gasteiger partial charge in [-0.25, -0.2) is 9.97 Å². The van der Waals surface area contributed by atoms with Crippen molar-refractivity contribution in [1.82, 2.24) is 14.9 Å². The van der Waals surface area contributed by atoms with Crippen molar-refractivity contribution in [2.24, 2.45) is 5.73 Å². The molecule has 7 nitrogen and oxygen atoms in total. The number of methoxy groups -OCH3 is 1. The van der Waals surface area contributed by atoms with Crippen molar-refractivity contribution in [3.63, 3.8) is 0 Å². The minimum Gasteiger partial charge on any atom is -0.493 e. The van der Waals surface area contributed by atoms with Crippen molar-refractivity contribution in [2.45, 2.75) is 19.4 Å². The molecule has 0 aliphatic rings. The molecule has 0 saturated heterocycles. The predicted molar refractivity (Wildman–Crippen MR) is 94.7 cm³/mol. The number of ether oxygens (including phenoxy) is 2. The summed E-state index contributed by atoms with van der Waals surface area (Å²) in [5.41, 5.74) is 6.72. The standard InChI is InChI=1S/C18H24N4O3/c1-13(15-8-10-20-12-21-15)22(2)18(23)14-6-4-7-16(24-3)17(14)25-11-5-9-19/h4,6-8,10,12-13H,5,9,11,19H2,1-3H3. The Balaban J connectivity index is 2.28. The lowest BCUT2D eigenvalue weighted by Crippen LogP contribution is -2.30. The summed E-state index contributed by atoms with van der Waals surface area (Å²) in [6.45, 7) is 2.85. The first-order valence-corrected chi connectivity index (χ1v) is 8.13. The van der Waals surface area contributed by atoms with Gasteiger partial charge < -0.3 is 20.1 Å². The number of carbonyl (C=O) groups is 1. The fraction of sp³-hybridized carbons (Fsp3) is 0.389. The molecule has 0 spiro atoms. The van der Waals surface area contributed by atoms with E-state index in [2.05, 4.69) is 9.97 Å². The summed E-state index contributed by atoms with van der Waals surface area (Å²) in [5.74, 6) is 0.781. The fourth-order valence-corrected chi connectivity index (χ4v) is 2.36. The molecule has 1 aromatic carbocycles. The molecule has 0 aliphatic heterocycles. The molecular formula is C18H24N4O3. The molecule has 0 radical (unpaired) electrons. The Kier molecular flexibility index (Phi) is 6.71. The summed E-state index contributed by atoms with van der Waals surface area (Å²) < 4.78 is 11.1. The van der Waals surface area contributed by atoms with Gasteiger partial charge in [0.05, 0.1) is 31.0 Å². The number of aromatic nitrogens is 2. The van der Waals surface area contributed by atoms with Crippen LogP contribution >= 0.6 is 0 Å². The summed E-state index contributed by atoms with van der Waals surface area (Å²) in [7, 11) is 3.28. The number of hydrogen-bond acceptors (Lipinski definition) is 6. The third-order valence-corrected chi connectivity index (χ3v) is 3.96. The van der Waals surface area contributed by atoms with Crippen LogP contribution in [0.2, 0.25) is 0 Å². The highest BCUT2D eigenvalue weighted by Gasteiger charge is 2.24. The van der Waals surface area contributed by atoms with Gasteiger partial charge in [-0.05, 0) is 38.1 Å². The van der Waals surface area contributed by atoms with Gasteiger partial charge in [0.25, 0.3) is 5.91 Å². The van der Waals surface area contributed by atoms with Crippen molar-refractivity contribution in [1.29, 1.82) is 0 Å². The summed E-state index contributed by atoms with van der Waals surface area (Å²) in [4.78, 5) is 22.7. The number of benzene rings is 1. The van der Waals surface area contributed by atoms with Gasteiger partial charge in [-0.1, -0.05) is 6.07 Å². The summed E-state index contributed by atoms with van der Waals surface area (Å²) in [6, 6.07) is 6.84. The Morgan fingerprint density at radius 3 is 2.80 bits per heavy atom. The molecular weight excluding hydrogens is 320 g/mol. The van der Waals surface area contributed by atoms with Crippen LogP contribution in [0, 0.1) is 0 Å². The van der Waals surface area contributed by atoms with Crippen molar-refractivity contribution in [3.8, 4) is 11.5 Å². The molecule has 1 amide bonds. The van der Waals surface area contributed by atoms with Crippen LogP contribution < -0.4 is 15.2 Å². The molecule has 2 aromatic rings. The van der Waals surface area contributed by atoms with Gasteiger partial charge in [-0.15, -0.1) is 0 Å². The molecule has 134 valence electrons. The van der Waals surface area contributed by atoms with E-state index in [1.807, 2.05) is 6.92 Å². The second kappa shape index (κ2) is 8.98. The van der Waals surface area contributed by atoms with Crippen molar-refractivity contribution in [3.05, 3.63) is 48.0 Å². The fourth-order valence-electron chi connectivity index (χ4n) is 2.36. The van der Waals surface area contributed by atoms with E-state index < -0.39 is 0 Å². The van der Waals surface area contributed by atoms with E-state index in [1.165, 1.54) is 6.33 Å². The normalized spacial score (nSPS) is 11.7. The molecule has 1 aromatic heterocycles. The lowest BCUT2D eigenvalue weighted by molar-refractivity contribution is 0.0734. The molecule has 0 aliphatic carbocycles. The summed E-state index contributed by atoms with van der Waals surface area (Å²) >= 11 is 0. The molecule has 0 bridgehead atoms. The zero-order chi connectivity index (χ0) is 18.2. The number of nitrogens with zero attached hydrogens (tertiary/aromatic N) is 3. The molecule has 1 heterocycles. The van der Waals surface area contributed by atoms with Gasteiger partial charge in [0.15, 0.2) is 11.5 Å². The summed E-state index contributed by atoms with van der Waals surface area (Å²) in [6.07, 6.45) is 3.82. The number of nitrogens with two attached hydrogens (primary N) is 1. The van der Waals surface area contributed by atoms with E-state index in [9.17, 15) is 4.79 Å². The largest absolute Gasteiger partial charge is 0.493 e. The van der Waals surface area contributed by atoms with E-state index in [0.717, 1.165) is 5.69 Å². The number of hydrogen-bond donors (Lipinski definition) is 1. The quantitative estimate of drug-likeness (QED) is 0.737. The highest BCUT2D eigenvalue weighted by Crippen LogP contribution is 2.33. The highest BCUT2D eigenvalue weighted by molar-refractivity contribution is 5.97. The van der Waals surface area contributed by atoms with Gasteiger partial charge in [0.1, 0.15) is 6.33 Å². The first-order valence-electron chi connectivity index (χ1n) is 8.13. The highest BCUT2D eigenvalue weighted by atomic mass is 16.5. The van der Waals surface area contributed by atoms with E-state index >= 15 is 0 Å². The summed E-state index contributed by atoms with van der Waals surface area (Å²) in [5, 5.41) is 0. The van der Waals surface area contributed by atoms with Gasteiger partial charge in [-0.3, -0.25) is 4.79 Å². The molecule has 25 heavy (non-hydrogen) atoms. The van der Waals surface area contributed by atoms with E-state index in [1.54, 1.807) is 49.5 Å². The van der Waals surface area contributed by atoms with Crippen LogP contribution in [0.25, 0.3) is 0 Å². The van der Waals surface area contributed by atoms with Gasteiger partial charge in [0, 0.05) is 13.2 Å². The molecule has 7 heteroatoms. The van der Waals surface area contributed by atoms with Gasteiger partial charge >= 0.3 is 0 Å². The zero-order valence-electron chi connectivity index (χ0n) is 14.8. The second-order valence-electron chi connectivity index (χ2n) is 5.55. The number of amides is 1. The third-order valence-electron chi connectivity index (χ3n) is 3.96. The van der Waals surface area contributed by atoms with Crippen LogP contribution in [0.1, 0.15) is 35.4 Å². The Morgan fingerprint density at radius 1 is 1.36 bits per heavy atom. The van der Waals surface area contributed by atoms with Crippen molar-refractivity contribution < 1.29 is 14.3 Å². The van der Waals surface area contributed by atoms with Crippen LogP contribution in [0.4, 0.5) is 0 Å². The van der Waals surface area contributed by atoms with E-state index in [4.69, 9.17) is 15.2 Å². The number of rotatable bonds is 8. The maximum Gasteiger partial charge on any atom is 0.258 e. The average molecular weight is 344 g/mol.